The normalized spacial score (nSPS) is 26.0. The van der Waals surface area contributed by atoms with Crippen molar-refractivity contribution in [1.82, 2.24) is 0 Å². The molecule has 3 N–H and O–H groups in total. The summed E-state index contributed by atoms with van der Waals surface area (Å²) in [6, 6.07) is 0. The SMILES string of the molecule is CC[C@H]1[C@H](O)CC(=O)[C@H]1/C=C/[C@H](O)CCCCCCCC(=O)O. The van der Waals surface area contributed by atoms with Crippen molar-refractivity contribution in [2.24, 2.45) is 11.8 Å². The number of hydrogen-bond donors (Lipinski definition) is 3. The molecular weight excluding hydrogens is 296 g/mol. The van der Waals surface area contributed by atoms with Crippen LogP contribution in [0.4, 0.5) is 0 Å². The molecule has 1 rings (SSSR count). The maximum atomic E-state index is 11.8. The lowest BCUT2D eigenvalue weighted by atomic mass is 9.91. The fraction of sp³-hybridized carbons (Fsp3) is 0.778. The molecule has 0 saturated heterocycles. The first-order valence-corrected chi connectivity index (χ1v) is 8.74. The Labute approximate surface area is 138 Å². The van der Waals surface area contributed by atoms with Crippen molar-refractivity contribution in [2.75, 3.05) is 0 Å². The Balaban J connectivity index is 2.19. The van der Waals surface area contributed by atoms with Crippen molar-refractivity contribution in [3.63, 3.8) is 0 Å². The quantitative estimate of drug-likeness (QED) is 0.401. The third-order valence-corrected chi connectivity index (χ3v) is 4.64. The number of carboxylic acid groups (broad SMARTS) is 1. The van der Waals surface area contributed by atoms with Gasteiger partial charge in [-0.3, -0.25) is 9.59 Å². The molecular formula is C18H30O5. The summed E-state index contributed by atoms with van der Waals surface area (Å²) in [6.45, 7) is 1.97. The number of Topliss-reactive ketones (excluding diaryl/α,β-unsaturated/α-hetero) is 1. The number of rotatable bonds is 11. The molecule has 23 heavy (non-hydrogen) atoms. The average molecular weight is 326 g/mol. The molecule has 1 saturated carbocycles. The van der Waals surface area contributed by atoms with Gasteiger partial charge in [0.2, 0.25) is 0 Å². The largest absolute Gasteiger partial charge is 0.481 e. The number of unbranched alkanes of at least 4 members (excludes halogenated alkanes) is 4. The topological polar surface area (TPSA) is 94.8 Å². The van der Waals surface area contributed by atoms with E-state index in [1.54, 1.807) is 12.2 Å². The van der Waals surface area contributed by atoms with Gasteiger partial charge < -0.3 is 15.3 Å². The zero-order valence-corrected chi connectivity index (χ0v) is 14.0. The molecule has 5 heteroatoms. The molecule has 0 spiro atoms. The van der Waals surface area contributed by atoms with E-state index in [4.69, 9.17) is 5.11 Å². The molecule has 0 amide bonds. The first-order valence-electron chi connectivity index (χ1n) is 8.74. The summed E-state index contributed by atoms with van der Waals surface area (Å²) in [5, 5.41) is 28.3. The second kappa shape index (κ2) is 10.6. The molecule has 0 bridgehead atoms. The van der Waals surface area contributed by atoms with E-state index in [0.29, 0.717) is 12.8 Å². The summed E-state index contributed by atoms with van der Waals surface area (Å²) in [6.07, 6.45) is 8.66. The predicted octanol–water partition coefficient (Wildman–Crippen LogP) is 2.69. The Morgan fingerprint density at radius 3 is 2.57 bits per heavy atom. The molecule has 4 atom stereocenters. The number of aliphatic carboxylic acids is 1. The second-order valence-corrected chi connectivity index (χ2v) is 6.49. The number of aliphatic hydroxyl groups excluding tert-OH is 2. The predicted molar refractivity (Wildman–Crippen MR) is 88.0 cm³/mol. The Morgan fingerprint density at radius 2 is 1.91 bits per heavy atom. The van der Waals surface area contributed by atoms with Crippen molar-refractivity contribution in [3.8, 4) is 0 Å². The van der Waals surface area contributed by atoms with Gasteiger partial charge >= 0.3 is 5.97 Å². The lowest BCUT2D eigenvalue weighted by Gasteiger charge is -2.16. The van der Waals surface area contributed by atoms with Crippen molar-refractivity contribution in [3.05, 3.63) is 12.2 Å². The van der Waals surface area contributed by atoms with Crippen LogP contribution in [0.25, 0.3) is 0 Å². The van der Waals surface area contributed by atoms with Gasteiger partial charge in [-0.25, -0.2) is 0 Å². The van der Waals surface area contributed by atoms with Crippen LogP contribution in [0.15, 0.2) is 12.2 Å². The van der Waals surface area contributed by atoms with E-state index in [9.17, 15) is 19.8 Å². The second-order valence-electron chi connectivity index (χ2n) is 6.49. The summed E-state index contributed by atoms with van der Waals surface area (Å²) >= 11 is 0. The fourth-order valence-corrected chi connectivity index (χ4v) is 3.25. The van der Waals surface area contributed by atoms with Crippen LogP contribution in [0.5, 0.6) is 0 Å². The maximum Gasteiger partial charge on any atom is 0.303 e. The van der Waals surface area contributed by atoms with Gasteiger partial charge in [0.1, 0.15) is 5.78 Å². The smallest absolute Gasteiger partial charge is 0.303 e. The number of carboxylic acids is 1. The number of carbonyl (C=O) groups excluding carboxylic acids is 1. The van der Waals surface area contributed by atoms with Gasteiger partial charge in [0.05, 0.1) is 12.2 Å². The van der Waals surface area contributed by atoms with Gasteiger partial charge in [-0.1, -0.05) is 44.8 Å². The minimum Gasteiger partial charge on any atom is -0.481 e. The first kappa shape index (κ1) is 19.8. The van der Waals surface area contributed by atoms with E-state index in [1.165, 1.54) is 0 Å². The number of aliphatic hydroxyl groups is 2. The highest BCUT2D eigenvalue weighted by Gasteiger charge is 2.38. The first-order chi connectivity index (χ1) is 11.0. The standard InChI is InChI=1S/C18H30O5/c1-2-14-15(17(21)12-16(14)20)11-10-13(19)8-6-4-3-5-7-9-18(22)23/h10-11,13-16,19-20H,2-9,12H2,1H3,(H,22,23)/b11-10+/t13-,14-,15+,16-/m1/s1. The molecule has 1 aliphatic rings. The molecule has 0 heterocycles. The molecule has 1 fully saturated rings. The van der Waals surface area contributed by atoms with Crippen molar-refractivity contribution < 1.29 is 24.9 Å². The summed E-state index contributed by atoms with van der Waals surface area (Å²) in [5.74, 6) is -0.977. The zero-order chi connectivity index (χ0) is 17.2. The van der Waals surface area contributed by atoms with Crippen molar-refractivity contribution >= 4 is 11.8 Å². The lowest BCUT2D eigenvalue weighted by Crippen LogP contribution is -2.18. The molecule has 0 aromatic rings. The molecule has 132 valence electrons. The van der Waals surface area contributed by atoms with Crippen molar-refractivity contribution in [2.45, 2.75) is 76.9 Å². The van der Waals surface area contributed by atoms with E-state index in [2.05, 4.69) is 0 Å². The Hall–Kier alpha value is -1.20. The zero-order valence-electron chi connectivity index (χ0n) is 14.0. The summed E-state index contributed by atoms with van der Waals surface area (Å²) in [4.78, 5) is 22.2. The van der Waals surface area contributed by atoms with E-state index in [0.717, 1.165) is 32.1 Å². The Bertz CT molecular complexity index is 404. The fourth-order valence-electron chi connectivity index (χ4n) is 3.25. The highest BCUT2D eigenvalue weighted by Crippen LogP contribution is 2.32. The molecule has 0 radical (unpaired) electrons. The van der Waals surface area contributed by atoms with Crippen LogP contribution >= 0.6 is 0 Å². The molecule has 1 aliphatic carbocycles. The lowest BCUT2D eigenvalue weighted by molar-refractivity contribution is -0.137. The summed E-state index contributed by atoms with van der Waals surface area (Å²) < 4.78 is 0. The highest BCUT2D eigenvalue weighted by molar-refractivity contribution is 5.85. The number of allylic oxidation sites excluding steroid dienone is 1. The van der Waals surface area contributed by atoms with Crippen LogP contribution in [-0.4, -0.2) is 39.3 Å². The van der Waals surface area contributed by atoms with E-state index in [1.807, 2.05) is 6.92 Å². The van der Waals surface area contributed by atoms with Crippen LogP contribution in [0.3, 0.4) is 0 Å². The van der Waals surface area contributed by atoms with Gasteiger partial charge in [-0.05, 0) is 25.2 Å². The van der Waals surface area contributed by atoms with Crippen LogP contribution in [-0.2, 0) is 9.59 Å². The Kier molecular flexibility index (Phi) is 9.10. The van der Waals surface area contributed by atoms with Gasteiger partial charge in [-0.15, -0.1) is 0 Å². The third kappa shape index (κ3) is 7.27. The van der Waals surface area contributed by atoms with E-state index < -0.39 is 18.2 Å². The van der Waals surface area contributed by atoms with Gasteiger partial charge in [0, 0.05) is 18.8 Å². The maximum absolute atomic E-state index is 11.8. The van der Waals surface area contributed by atoms with Gasteiger partial charge in [-0.2, -0.15) is 0 Å². The average Bonchev–Trinajstić information content (AvgIpc) is 2.76. The van der Waals surface area contributed by atoms with Crippen LogP contribution in [0.1, 0.15) is 64.7 Å². The van der Waals surface area contributed by atoms with Crippen molar-refractivity contribution in [1.29, 1.82) is 0 Å². The molecule has 0 aliphatic heterocycles. The Morgan fingerprint density at radius 1 is 1.26 bits per heavy atom. The van der Waals surface area contributed by atoms with Crippen LogP contribution in [0, 0.1) is 11.8 Å². The summed E-state index contributed by atoms with van der Waals surface area (Å²) in [5.41, 5.74) is 0. The van der Waals surface area contributed by atoms with Crippen LogP contribution < -0.4 is 0 Å². The van der Waals surface area contributed by atoms with Gasteiger partial charge in [0.15, 0.2) is 0 Å². The molecule has 0 aromatic heterocycles. The summed E-state index contributed by atoms with van der Waals surface area (Å²) in [7, 11) is 0. The van der Waals surface area contributed by atoms with Crippen LogP contribution in [0.2, 0.25) is 0 Å². The van der Waals surface area contributed by atoms with E-state index in [-0.39, 0.29) is 30.5 Å². The minimum atomic E-state index is -0.748. The monoisotopic (exact) mass is 326 g/mol. The molecule has 0 unspecified atom stereocenters. The number of ketones is 1. The minimum absolute atomic E-state index is 0.0276. The van der Waals surface area contributed by atoms with Gasteiger partial charge in [0.25, 0.3) is 0 Å². The molecule has 5 nitrogen and oxygen atoms in total. The third-order valence-electron chi connectivity index (χ3n) is 4.64. The number of carbonyl (C=O) groups is 2. The van der Waals surface area contributed by atoms with E-state index >= 15 is 0 Å². The molecule has 0 aromatic carbocycles. The highest BCUT2D eigenvalue weighted by atomic mass is 16.4. The number of hydrogen-bond acceptors (Lipinski definition) is 4.